The van der Waals surface area contributed by atoms with Crippen molar-refractivity contribution >= 4 is 29.1 Å². The highest BCUT2D eigenvalue weighted by Gasteiger charge is 2.35. The number of amides is 1. The van der Waals surface area contributed by atoms with Crippen LogP contribution in [0.3, 0.4) is 0 Å². The molecule has 1 amide bonds. The Balaban J connectivity index is 1.76. The number of ether oxygens (including phenoxy) is 1. The van der Waals surface area contributed by atoms with Crippen LogP contribution in [0, 0.1) is 0 Å². The average molecular weight is 353 g/mol. The molecule has 1 saturated heterocycles. The molecule has 0 aliphatic carbocycles. The Morgan fingerprint density at radius 2 is 1.88 bits per heavy atom. The fraction of sp³-hybridized carbons (Fsp3) is 0.211. The Kier molecular flexibility index (Phi) is 5.50. The van der Waals surface area contributed by atoms with Crippen LogP contribution < -0.4 is 4.74 Å². The van der Waals surface area contributed by atoms with Crippen LogP contribution in [0.25, 0.3) is 0 Å². The molecular formula is C19H19N3O2S. The zero-order valence-electron chi connectivity index (χ0n) is 14.1. The van der Waals surface area contributed by atoms with Gasteiger partial charge in [-0.1, -0.05) is 54.2 Å². The van der Waals surface area contributed by atoms with Crippen LogP contribution in [0.4, 0.5) is 0 Å². The van der Waals surface area contributed by atoms with Crippen molar-refractivity contribution in [3.8, 4) is 5.75 Å². The van der Waals surface area contributed by atoms with E-state index in [1.54, 1.807) is 18.2 Å². The number of rotatable bonds is 5. The molecule has 6 heteroatoms. The van der Waals surface area contributed by atoms with Gasteiger partial charge in [0.1, 0.15) is 5.75 Å². The molecule has 2 aromatic rings. The summed E-state index contributed by atoms with van der Waals surface area (Å²) < 4.78 is 5.17. The van der Waals surface area contributed by atoms with Gasteiger partial charge in [0.25, 0.3) is 0 Å². The molecule has 1 fully saturated rings. The standard InChI is InChI=1S/C19H19N3O2S/c1-14-18(23)22(13-16-8-10-17(24-2)11-9-16)19(25-14)21-20-12-15-6-4-3-5-7-15/h3-12,14H,13H2,1-2H3/b20-12-,21-19+/t14-/m1/s1. The lowest BCUT2D eigenvalue weighted by Crippen LogP contribution is -2.30. The van der Waals surface area contributed by atoms with Gasteiger partial charge in [-0.2, -0.15) is 5.10 Å². The Morgan fingerprint density at radius 3 is 2.56 bits per heavy atom. The SMILES string of the molecule is COc1ccc(CN2C(=O)[C@@H](C)S/C2=N/N=C\c2ccccc2)cc1. The molecule has 1 heterocycles. The molecule has 25 heavy (non-hydrogen) atoms. The second-order valence-corrected chi connectivity index (χ2v) is 6.88. The van der Waals surface area contributed by atoms with Crippen molar-refractivity contribution < 1.29 is 9.53 Å². The highest BCUT2D eigenvalue weighted by Crippen LogP contribution is 2.28. The normalized spacial score (nSPS) is 19.1. The predicted molar refractivity (Wildman–Crippen MR) is 102 cm³/mol. The first-order valence-electron chi connectivity index (χ1n) is 7.94. The lowest BCUT2D eigenvalue weighted by molar-refractivity contribution is -0.126. The zero-order chi connectivity index (χ0) is 17.6. The summed E-state index contributed by atoms with van der Waals surface area (Å²) in [5.41, 5.74) is 1.99. The van der Waals surface area contributed by atoms with Crippen molar-refractivity contribution in [2.75, 3.05) is 7.11 Å². The number of hydrogen-bond donors (Lipinski definition) is 0. The van der Waals surface area contributed by atoms with Gasteiger partial charge in [-0.3, -0.25) is 9.69 Å². The van der Waals surface area contributed by atoms with Crippen LogP contribution >= 0.6 is 11.8 Å². The van der Waals surface area contributed by atoms with E-state index in [2.05, 4.69) is 10.2 Å². The summed E-state index contributed by atoms with van der Waals surface area (Å²) >= 11 is 1.43. The molecule has 1 aliphatic heterocycles. The van der Waals surface area contributed by atoms with Crippen LogP contribution in [0.1, 0.15) is 18.1 Å². The summed E-state index contributed by atoms with van der Waals surface area (Å²) in [4.78, 5) is 14.1. The summed E-state index contributed by atoms with van der Waals surface area (Å²) in [6, 6.07) is 17.4. The third kappa shape index (κ3) is 4.28. The Labute approximate surface area is 151 Å². The van der Waals surface area contributed by atoms with Gasteiger partial charge in [-0.15, -0.1) is 5.10 Å². The zero-order valence-corrected chi connectivity index (χ0v) is 14.9. The Morgan fingerprint density at radius 1 is 1.16 bits per heavy atom. The molecule has 5 nitrogen and oxygen atoms in total. The number of thioether (sulfide) groups is 1. The first-order valence-corrected chi connectivity index (χ1v) is 8.82. The number of carbonyl (C=O) groups excluding carboxylic acids is 1. The van der Waals surface area contributed by atoms with Gasteiger partial charge < -0.3 is 4.74 Å². The summed E-state index contributed by atoms with van der Waals surface area (Å²) in [6.45, 7) is 2.36. The second-order valence-electron chi connectivity index (χ2n) is 5.57. The van der Waals surface area contributed by atoms with Crippen molar-refractivity contribution in [1.29, 1.82) is 0 Å². The van der Waals surface area contributed by atoms with E-state index >= 15 is 0 Å². The summed E-state index contributed by atoms with van der Waals surface area (Å²) in [7, 11) is 1.63. The van der Waals surface area contributed by atoms with Gasteiger partial charge in [0.15, 0.2) is 5.17 Å². The third-order valence-electron chi connectivity index (χ3n) is 3.78. The fourth-order valence-electron chi connectivity index (χ4n) is 2.41. The fourth-order valence-corrected chi connectivity index (χ4v) is 3.33. The number of hydrogen-bond acceptors (Lipinski definition) is 5. The quantitative estimate of drug-likeness (QED) is 0.610. The molecule has 0 aromatic heterocycles. The summed E-state index contributed by atoms with van der Waals surface area (Å²) in [6.07, 6.45) is 1.69. The van der Waals surface area contributed by atoms with Gasteiger partial charge >= 0.3 is 0 Å². The molecular weight excluding hydrogens is 334 g/mol. The molecule has 0 bridgehead atoms. The van der Waals surface area contributed by atoms with Gasteiger partial charge in [0.2, 0.25) is 5.91 Å². The lowest BCUT2D eigenvalue weighted by atomic mass is 10.2. The lowest BCUT2D eigenvalue weighted by Gasteiger charge is -2.15. The Hall–Kier alpha value is -2.60. The van der Waals surface area contributed by atoms with E-state index in [0.717, 1.165) is 16.9 Å². The van der Waals surface area contributed by atoms with Crippen LogP contribution in [0.15, 0.2) is 64.8 Å². The van der Waals surface area contributed by atoms with E-state index in [-0.39, 0.29) is 11.2 Å². The van der Waals surface area contributed by atoms with Crippen LogP contribution in [0.2, 0.25) is 0 Å². The summed E-state index contributed by atoms with van der Waals surface area (Å²) in [5.74, 6) is 0.843. The first kappa shape index (κ1) is 17.2. The highest BCUT2D eigenvalue weighted by molar-refractivity contribution is 8.15. The van der Waals surface area contributed by atoms with Crippen LogP contribution in [-0.4, -0.2) is 34.5 Å². The van der Waals surface area contributed by atoms with Gasteiger partial charge in [-0.05, 0) is 30.2 Å². The van der Waals surface area contributed by atoms with E-state index in [1.165, 1.54) is 11.8 Å². The minimum absolute atomic E-state index is 0.0504. The predicted octanol–water partition coefficient (Wildman–Crippen LogP) is 3.55. The van der Waals surface area contributed by atoms with Gasteiger partial charge in [0, 0.05) is 0 Å². The number of methoxy groups -OCH3 is 1. The number of amidine groups is 1. The Bertz CT molecular complexity index is 788. The van der Waals surface area contributed by atoms with E-state index in [9.17, 15) is 4.79 Å². The molecule has 0 unspecified atom stereocenters. The van der Waals surface area contributed by atoms with Crippen LogP contribution in [-0.2, 0) is 11.3 Å². The monoisotopic (exact) mass is 353 g/mol. The van der Waals surface area contributed by atoms with E-state index < -0.39 is 0 Å². The molecule has 0 spiro atoms. The van der Waals surface area contributed by atoms with E-state index in [1.807, 2.05) is 61.5 Å². The van der Waals surface area contributed by atoms with Gasteiger partial charge in [0.05, 0.1) is 25.1 Å². The minimum Gasteiger partial charge on any atom is -0.497 e. The molecule has 1 atom stereocenters. The molecule has 128 valence electrons. The molecule has 0 saturated carbocycles. The summed E-state index contributed by atoms with van der Waals surface area (Å²) in [5, 5.41) is 8.88. The molecule has 1 aliphatic rings. The van der Waals surface area contributed by atoms with Crippen LogP contribution in [0.5, 0.6) is 5.75 Å². The van der Waals surface area contributed by atoms with Gasteiger partial charge in [-0.25, -0.2) is 0 Å². The van der Waals surface area contributed by atoms with E-state index in [4.69, 9.17) is 4.74 Å². The molecule has 3 rings (SSSR count). The smallest absolute Gasteiger partial charge is 0.242 e. The maximum atomic E-state index is 12.4. The van der Waals surface area contributed by atoms with Crippen molar-refractivity contribution in [1.82, 2.24) is 4.90 Å². The van der Waals surface area contributed by atoms with E-state index in [0.29, 0.717) is 11.7 Å². The second kappa shape index (κ2) is 7.98. The number of benzene rings is 2. The largest absolute Gasteiger partial charge is 0.497 e. The maximum Gasteiger partial charge on any atom is 0.242 e. The average Bonchev–Trinajstić information content (AvgIpc) is 2.91. The number of carbonyl (C=O) groups is 1. The molecule has 0 radical (unpaired) electrons. The highest BCUT2D eigenvalue weighted by atomic mass is 32.2. The number of nitrogens with zero attached hydrogens (tertiary/aromatic N) is 3. The molecule has 0 N–H and O–H groups in total. The van der Waals surface area contributed by atoms with Crippen molar-refractivity contribution in [3.05, 3.63) is 65.7 Å². The topological polar surface area (TPSA) is 54.3 Å². The van der Waals surface area contributed by atoms with Crippen molar-refractivity contribution in [2.45, 2.75) is 18.7 Å². The minimum atomic E-state index is -0.149. The maximum absolute atomic E-state index is 12.4. The third-order valence-corrected chi connectivity index (χ3v) is 4.84. The van der Waals surface area contributed by atoms with Crippen molar-refractivity contribution in [3.63, 3.8) is 0 Å². The molecule has 2 aromatic carbocycles. The van der Waals surface area contributed by atoms with Crippen molar-refractivity contribution in [2.24, 2.45) is 10.2 Å². The first-order chi connectivity index (χ1) is 12.2.